The van der Waals surface area contributed by atoms with Gasteiger partial charge >= 0.3 is 59.1 Å². The molecule has 14 heteroatoms. The standard InChI is InChI=1S/C16H13N3O7S2.2Na/c17-10-5-6-11-9(7-10)8-14(28(24,25)26)15(16(11)20)19-18-12-3-1-2-4-13(12)27(21,22)23;;/h1-8,20H,17H2,(H,21,22,23)(H,24,25,26);;/q;2*+1/p-2. The van der Waals surface area contributed by atoms with Crippen molar-refractivity contribution in [3.63, 3.8) is 0 Å². The van der Waals surface area contributed by atoms with Crippen LogP contribution >= 0.6 is 0 Å². The Bertz CT molecular complexity index is 1340. The Balaban J connectivity index is 0.00000225. The van der Waals surface area contributed by atoms with Crippen molar-refractivity contribution in [1.29, 1.82) is 0 Å². The Morgan fingerprint density at radius 2 is 1.53 bits per heavy atom. The van der Waals surface area contributed by atoms with Crippen LogP contribution in [0.1, 0.15) is 0 Å². The molecule has 0 aliphatic rings. The number of nitrogens with zero attached hydrogens (tertiary/aromatic N) is 2. The predicted molar refractivity (Wildman–Crippen MR) is 96.2 cm³/mol. The second kappa shape index (κ2) is 10.0. The summed E-state index contributed by atoms with van der Waals surface area (Å²) in [7, 11) is -9.77. The Kier molecular flexibility index (Phi) is 9.03. The molecular formula is C16H11N3Na2O7S2. The van der Waals surface area contributed by atoms with Crippen LogP contribution < -0.4 is 70.0 Å². The van der Waals surface area contributed by atoms with Crippen molar-refractivity contribution >= 4 is 48.1 Å². The van der Waals surface area contributed by atoms with Gasteiger partial charge in [-0.05, 0) is 41.1 Å². The van der Waals surface area contributed by atoms with E-state index in [2.05, 4.69) is 10.2 Å². The van der Waals surface area contributed by atoms with Crippen LogP contribution in [0.15, 0.2) is 68.6 Å². The van der Waals surface area contributed by atoms with E-state index in [1.165, 1.54) is 30.3 Å². The van der Waals surface area contributed by atoms with Gasteiger partial charge in [0.1, 0.15) is 20.7 Å². The number of rotatable bonds is 4. The average molecular weight is 467 g/mol. The topological polar surface area (TPSA) is 185 Å². The Morgan fingerprint density at radius 3 is 2.13 bits per heavy atom. The summed E-state index contributed by atoms with van der Waals surface area (Å²) >= 11 is 0. The fraction of sp³-hybridized carbons (Fsp3) is 0. The molecule has 0 fully saturated rings. The zero-order chi connectivity index (χ0) is 20.7. The molecule has 0 aromatic heterocycles. The van der Waals surface area contributed by atoms with Crippen LogP contribution in [0, 0.1) is 0 Å². The maximum Gasteiger partial charge on any atom is 1.00 e. The normalized spacial score (nSPS) is 11.8. The molecular weight excluding hydrogens is 456 g/mol. The van der Waals surface area contributed by atoms with Crippen LogP contribution in [-0.2, 0) is 20.2 Å². The van der Waals surface area contributed by atoms with Gasteiger partial charge in [0, 0.05) is 5.69 Å². The summed E-state index contributed by atoms with van der Waals surface area (Å²) in [5, 5.41) is 19.9. The van der Waals surface area contributed by atoms with E-state index in [1.54, 1.807) is 0 Å². The summed E-state index contributed by atoms with van der Waals surface area (Å²) in [5.41, 5.74) is 4.75. The predicted octanol–water partition coefficient (Wildman–Crippen LogP) is -3.93. The van der Waals surface area contributed by atoms with Crippen LogP contribution in [0.3, 0.4) is 0 Å². The van der Waals surface area contributed by atoms with Gasteiger partial charge in [-0.3, -0.25) is 4.55 Å². The Hall–Kier alpha value is -1.06. The largest absolute Gasteiger partial charge is 1.00 e. The Labute approximate surface area is 216 Å². The SMILES string of the molecule is Nc1ccc2c([O-])c(N=Nc3ccccc3S(=O)(=O)[O-])c(S(=O)(=O)O)cc2c1.[Na+].[Na+]. The maximum atomic E-state index is 12.7. The molecule has 0 unspecified atom stereocenters. The number of hydrogen-bond acceptors (Lipinski definition) is 9. The van der Waals surface area contributed by atoms with Gasteiger partial charge in [0.2, 0.25) is 0 Å². The molecule has 0 saturated carbocycles. The number of anilines is 1. The van der Waals surface area contributed by atoms with E-state index in [4.69, 9.17) is 5.73 Å². The number of nitrogen functional groups attached to an aromatic ring is 1. The summed E-state index contributed by atoms with van der Waals surface area (Å²) in [6.07, 6.45) is 0. The second-order valence-electron chi connectivity index (χ2n) is 5.63. The molecule has 3 aromatic rings. The molecule has 0 heterocycles. The van der Waals surface area contributed by atoms with Crippen LogP contribution in [0.4, 0.5) is 17.1 Å². The third kappa shape index (κ3) is 5.79. The molecule has 0 saturated heterocycles. The molecule has 0 bridgehead atoms. The number of nitrogens with two attached hydrogens (primary N) is 1. The molecule has 0 spiro atoms. The van der Waals surface area contributed by atoms with Gasteiger partial charge < -0.3 is 15.4 Å². The summed E-state index contributed by atoms with van der Waals surface area (Å²) < 4.78 is 66.8. The molecule has 146 valence electrons. The first-order chi connectivity index (χ1) is 13.0. The number of azo groups is 1. The van der Waals surface area contributed by atoms with Gasteiger partial charge in [0.05, 0.1) is 10.6 Å². The minimum Gasteiger partial charge on any atom is -0.871 e. The fourth-order valence-electron chi connectivity index (χ4n) is 2.50. The first-order valence-electron chi connectivity index (χ1n) is 7.46. The molecule has 0 aliphatic heterocycles. The zero-order valence-electron chi connectivity index (χ0n) is 15.8. The van der Waals surface area contributed by atoms with Crippen LogP contribution in [0.2, 0.25) is 0 Å². The van der Waals surface area contributed by atoms with Gasteiger partial charge in [-0.25, -0.2) is 8.42 Å². The summed E-state index contributed by atoms with van der Waals surface area (Å²) in [5.74, 6) is -0.878. The number of fused-ring (bicyclic) bond motifs is 1. The maximum absolute atomic E-state index is 12.7. The summed E-state index contributed by atoms with van der Waals surface area (Å²) in [6, 6.07) is 9.88. The number of benzene rings is 3. The molecule has 3 rings (SSSR count). The van der Waals surface area contributed by atoms with Gasteiger partial charge in [0.15, 0.2) is 0 Å². The minimum atomic E-state index is -4.89. The van der Waals surface area contributed by atoms with Crippen molar-refractivity contribution in [2.45, 2.75) is 9.79 Å². The van der Waals surface area contributed by atoms with Gasteiger partial charge in [-0.1, -0.05) is 23.9 Å². The fourth-order valence-corrected chi connectivity index (χ4v) is 3.77. The van der Waals surface area contributed by atoms with Crippen LogP contribution in [0.25, 0.3) is 10.8 Å². The molecule has 10 nitrogen and oxygen atoms in total. The van der Waals surface area contributed by atoms with Gasteiger partial charge in [-0.15, -0.1) is 10.2 Å². The summed E-state index contributed by atoms with van der Waals surface area (Å²) in [4.78, 5) is -1.53. The molecule has 0 radical (unpaired) electrons. The molecule has 3 N–H and O–H groups in total. The smallest absolute Gasteiger partial charge is 0.871 e. The van der Waals surface area contributed by atoms with E-state index in [1.807, 2.05) is 0 Å². The molecule has 0 atom stereocenters. The third-order valence-electron chi connectivity index (χ3n) is 3.73. The Morgan fingerprint density at radius 1 is 0.900 bits per heavy atom. The molecule has 3 aromatic carbocycles. The quantitative estimate of drug-likeness (QED) is 0.169. The molecule has 0 aliphatic carbocycles. The first kappa shape index (κ1) is 27.0. The van der Waals surface area contributed by atoms with Crippen LogP contribution in [0.5, 0.6) is 5.75 Å². The first-order valence-corrected chi connectivity index (χ1v) is 10.3. The zero-order valence-corrected chi connectivity index (χ0v) is 21.4. The third-order valence-corrected chi connectivity index (χ3v) is 5.48. The van der Waals surface area contributed by atoms with Crippen molar-refractivity contribution in [2.24, 2.45) is 10.2 Å². The van der Waals surface area contributed by atoms with E-state index >= 15 is 0 Å². The van der Waals surface area contributed by atoms with E-state index in [0.717, 1.165) is 18.2 Å². The van der Waals surface area contributed by atoms with Crippen molar-refractivity contribution in [3.8, 4) is 5.75 Å². The number of hydrogen-bond donors (Lipinski definition) is 2. The van der Waals surface area contributed by atoms with Crippen molar-refractivity contribution in [3.05, 3.63) is 48.5 Å². The summed E-state index contributed by atoms with van der Waals surface area (Å²) in [6.45, 7) is 0. The monoisotopic (exact) mass is 467 g/mol. The minimum absolute atomic E-state index is 0. The molecule has 30 heavy (non-hydrogen) atoms. The van der Waals surface area contributed by atoms with E-state index in [0.29, 0.717) is 0 Å². The van der Waals surface area contributed by atoms with E-state index in [-0.39, 0.29) is 75.6 Å². The van der Waals surface area contributed by atoms with Crippen molar-refractivity contribution in [2.75, 3.05) is 5.73 Å². The van der Waals surface area contributed by atoms with E-state index < -0.39 is 47.2 Å². The van der Waals surface area contributed by atoms with Gasteiger partial charge in [-0.2, -0.15) is 8.42 Å². The second-order valence-corrected chi connectivity index (χ2v) is 8.37. The van der Waals surface area contributed by atoms with Crippen molar-refractivity contribution < 1.29 is 90.2 Å². The molecule has 0 amide bonds. The van der Waals surface area contributed by atoms with E-state index in [9.17, 15) is 31.0 Å². The van der Waals surface area contributed by atoms with Crippen LogP contribution in [-0.4, -0.2) is 25.9 Å². The van der Waals surface area contributed by atoms with Gasteiger partial charge in [0.25, 0.3) is 10.1 Å². The average Bonchev–Trinajstić information content (AvgIpc) is 2.59. The van der Waals surface area contributed by atoms with Crippen molar-refractivity contribution in [1.82, 2.24) is 0 Å².